The Balaban J connectivity index is 2.38. The first-order valence-corrected chi connectivity index (χ1v) is 2.00. The number of rotatable bonds is 0. The molecule has 0 aromatic rings. The first kappa shape index (κ1) is 3.65. The average molecular weight is 83.1 g/mol. The van der Waals surface area contributed by atoms with E-state index in [-0.39, 0.29) is 0 Å². The van der Waals surface area contributed by atoms with Crippen molar-refractivity contribution in [3.05, 3.63) is 7.05 Å². The van der Waals surface area contributed by atoms with E-state index in [1.165, 1.54) is 0 Å². The molecule has 0 amide bonds. The maximum absolute atomic E-state index is 3.83. The van der Waals surface area contributed by atoms with E-state index in [1.54, 1.807) is 5.01 Å². The van der Waals surface area contributed by atoms with Gasteiger partial charge in [0.2, 0.25) is 0 Å². The number of nitrogens with zero attached hydrogens (tertiary/aromatic N) is 2. The first-order chi connectivity index (χ1) is 2.89. The van der Waals surface area contributed by atoms with Crippen LogP contribution in [0.25, 0.3) is 0 Å². The molecule has 0 atom stereocenters. The molecule has 0 fully saturated rings. The molecule has 1 aliphatic rings. The number of hydrogen-bond donors (Lipinski definition) is 0. The van der Waals surface area contributed by atoms with Gasteiger partial charge in [-0.15, -0.1) is 0 Å². The Morgan fingerprint density at radius 3 is 2.83 bits per heavy atom. The summed E-state index contributed by atoms with van der Waals surface area (Å²) in [6, 6.07) is 0. The molecule has 0 spiro atoms. The van der Waals surface area contributed by atoms with Crippen molar-refractivity contribution in [2.45, 2.75) is 6.42 Å². The van der Waals surface area contributed by atoms with Gasteiger partial charge < -0.3 is 0 Å². The van der Waals surface area contributed by atoms with Gasteiger partial charge in [-0.2, -0.15) is 5.10 Å². The zero-order valence-corrected chi connectivity index (χ0v) is 3.59. The predicted octanol–water partition coefficient (Wildman–Crippen LogP) is 0.469. The standard InChI is InChI=1S/C4H7N2/c1-6-4-2-3-5-6/h3H,1-2,4H2. The van der Waals surface area contributed by atoms with Gasteiger partial charge in [0.1, 0.15) is 0 Å². The molecule has 6 heavy (non-hydrogen) atoms. The highest BCUT2D eigenvalue weighted by Gasteiger charge is 1.94. The van der Waals surface area contributed by atoms with Crippen LogP contribution in [0.2, 0.25) is 0 Å². The monoisotopic (exact) mass is 83.1 g/mol. The Kier molecular flexibility index (Phi) is 0.783. The number of hydrazone groups is 1. The second-order valence-corrected chi connectivity index (χ2v) is 1.32. The average Bonchev–Trinajstić information content (AvgIpc) is 1.86. The summed E-state index contributed by atoms with van der Waals surface area (Å²) >= 11 is 0. The molecule has 0 saturated carbocycles. The van der Waals surface area contributed by atoms with Crippen LogP contribution in [-0.4, -0.2) is 17.8 Å². The summed E-state index contributed by atoms with van der Waals surface area (Å²) < 4.78 is 0. The minimum atomic E-state index is 0.986. The lowest BCUT2D eigenvalue weighted by molar-refractivity contribution is 0.435. The maximum Gasteiger partial charge on any atom is 0.0552 e. The van der Waals surface area contributed by atoms with Crippen LogP contribution >= 0.6 is 0 Å². The first-order valence-electron chi connectivity index (χ1n) is 2.00. The molecule has 1 aliphatic heterocycles. The van der Waals surface area contributed by atoms with E-state index in [0.717, 1.165) is 13.0 Å². The highest BCUT2D eigenvalue weighted by atomic mass is 15.4. The highest BCUT2D eigenvalue weighted by molar-refractivity contribution is 5.58. The Morgan fingerprint density at radius 2 is 2.67 bits per heavy atom. The fourth-order valence-electron chi connectivity index (χ4n) is 0.438. The van der Waals surface area contributed by atoms with E-state index in [2.05, 4.69) is 12.1 Å². The van der Waals surface area contributed by atoms with E-state index >= 15 is 0 Å². The van der Waals surface area contributed by atoms with E-state index in [0.29, 0.717) is 0 Å². The Morgan fingerprint density at radius 1 is 1.83 bits per heavy atom. The topological polar surface area (TPSA) is 15.6 Å². The van der Waals surface area contributed by atoms with Crippen LogP contribution in [0.4, 0.5) is 0 Å². The third-order valence-electron chi connectivity index (χ3n) is 0.761. The molecule has 0 saturated heterocycles. The van der Waals surface area contributed by atoms with Crippen molar-refractivity contribution < 1.29 is 0 Å². The summed E-state index contributed by atoms with van der Waals surface area (Å²) in [7, 11) is 3.57. The van der Waals surface area contributed by atoms with E-state index in [9.17, 15) is 0 Å². The normalized spacial score (nSPS) is 19.8. The lowest BCUT2D eigenvalue weighted by atomic mass is 10.5. The van der Waals surface area contributed by atoms with Crippen molar-refractivity contribution in [3.8, 4) is 0 Å². The van der Waals surface area contributed by atoms with Crippen molar-refractivity contribution in [3.63, 3.8) is 0 Å². The minimum Gasteiger partial charge on any atom is -0.295 e. The third-order valence-corrected chi connectivity index (χ3v) is 0.761. The molecule has 0 aliphatic carbocycles. The fraction of sp³-hybridized carbons (Fsp3) is 0.500. The van der Waals surface area contributed by atoms with Crippen LogP contribution < -0.4 is 0 Å². The number of hydrogen-bond acceptors (Lipinski definition) is 2. The molecule has 2 heteroatoms. The minimum absolute atomic E-state index is 0.986. The van der Waals surface area contributed by atoms with E-state index in [4.69, 9.17) is 0 Å². The molecule has 1 radical (unpaired) electrons. The predicted molar refractivity (Wildman–Crippen MR) is 25.2 cm³/mol. The summed E-state index contributed by atoms with van der Waals surface area (Å²) in [4.78, 5) is 0. The van der Waals surface area contributed by atoms with Gasteiger partial charge in [-0.25, -0.2) is 0 Å². The summed E-state index contributed by atoms with van der Waals surface area (Å²) in [5, 5.41) is 5.51. The molecule has 0 aromatic carbocycles. The van der Waals surface area contributed by atoms with Crippen molar-refractivity contribution in [2.24, 2.45) is 5.10 Å². The van der Waals surface area contributed by atoms with Crippen molar-refractivity contribution in [1.29, 1.82) is 0 Å². The summed E-state index contributed by atoms with van der Waals surface area (Å²) in [6.45, 7) is 0.986. The van der Waals surface area contributed by atoms with Crippen LogP contribution in [0.1, 0.15) is 6.42 Å². The van der Waals surface area contributed by atoms with E-state index in [1.807, 2.05) is 6.21 Å². The van der Waals surface area contributed by atoms with Crippen molar-refractivity contribution >= 4 is 6.21 Å². The Hall–Kier alpha value is -0.530. The fourth-order valence-corrected chi connectivity index (χ4v) is 0.438. The van der Waals surface area contributed by atoms with Crippen LogP contribution in [0.5, 0.6) is 0 Å². The second-order valence-electron chi connectivity index (χ2n) is 1.32. The van der Waals surface area contributed by atoms with E-state index < -0.39 is 0 Å². The van der Waals surface area contributed by atoms with Crippen LogP contribution in [0.3, 0.4) is 0 Å². The second kappa shape index (κ2) is 1.29. The molecule has 33 valence electrons. The molecule has 0 aromatic heterocycles. The van der Waals surface area contributed by atoms with Gasteiger partial charge in [-0.1, -0.05) is 0 Å². The summed E-state index contributed by atoms with van der Waals surface area (Å²) in [5.74, 6) is 0. The lowest BCUT2D eigenvalue weighted by Gasteiger charge is -1.99. The highest BCUT2D eigenvalue weighted by Crippen LogP contribution is 1.93. The Labute approximate surface area is 37.5 Å². The van der Waals surface area contributed by atoms with Gasteiger partial charge in [0, 0.05) is 19.2 Å². The molecule has 2 nitrogen and oxygen atoms in total. The smallest absolute Gasteiger partial charge is 0.0552 e. The third kappa shape index (κ3) is 0.506. The zero-order chi connectivity index (χ0) is 4.41. The molecule has 0 bridgehead atoms. The van der Waals surface area contributed by atoms with Crippen LogP contribution in [0.15, 0.2) is 5.10 Å². The van der Waals surface area contributed by atoms with Gasteiger partial charge in [-0.05, 0) is 0 Å². The molecule has 0 unspecified atom stereocenters. The van der Waals surface area contributed by atoms with Crippen molar-refractivity contribution in [1.82, 2.24) is 5.01 Å². The molecular weight excluding hydrogens is 76.1 g/mol. The molecular formula is C4H7N2. The van der Waals surface area contributed by atoms with Gasteiger partial charge in [-0.3, -0.25) is 5.01 Å². The molecule has 1 rings (SSSR count). The Bertz CT molecular complexity index is 67.9. The molecule has 0 N–H and O–H groups in total. The zero-order valence-electron chi connectivity index (χ0n) is 3.59. The van der Waals surface area contributed by atoms with Gasteiger partial charge in [0.15, 0.2) is 0 Å². The van der Waals surface area contributed by atoms with Gasteiger partial charge in [0.05, 0.1) is 7.05 Å². The largest absolute Gasteiger partial charge is 0.295 e. The molecule has 1 heterocycles. The SMILES string of the molecule is [CH2]N1CCC=N1. The quantitative estimate of drug-likeness (QED) is 0.415. The van der Waals surface area contributed by atoms with Crippen molar-refractivity contribution in [2.75, 3.05) is 6.54 Å². The summed E-state index contributed by atoms with van der Waals surface area (Å²) in [6.07, 6.45) is 2.93. The lowest BCUT2D eigenvalue weighted by Crippen LogP contribution is -2.00. The van der Waals surface area contributed by atoms with Gasteiger partial charge >= 0.3 is 0 Å². The van der Waals surface area contributed by atoms with Crippen LogP contribution in [0, 0.1) is 7.05 Å². The maximum atomic E-state index is 3.83. The van der Waals surface area contributed by atoms with Crippen LogP contribution in [-0.2, 0) is 0 Å². The summed E-state index contributed by atoms with van der Waals surface area (Å²) in [5.41, 5.74) is 0. The van der Waals surface area contributed by atoms with Gasteiger partial charge in [0.25, 0.3) is 0 Å².